The summed E-state index contributed by atoms with van der Waals surface area (Å²) in [6.45, 7) is 1.70. The van der Waals surface area contributed by atoms with Gasteiger partial charge in [-0.25, -0.2) is 8.42 Å². The quantitative estimate of drug-likeness (QED) is 0.732. The van der Waals surface area contributed by atoms with Gasteiger partial charge in [0.2, 0.25) is 0 Å². The minimum Gasteiger partial charge on any atom is -0.327 e. The Hall–Kier alpha value is -0.350. The Kier molecular flexibility index (Phi) is 4.80. The highest BCUT2D eigenvalue weighted by molar-refractivity contribution is 7.91. The van der Waals surface area contributed by atoms with Gasteiger partial charge >= 0.3 is 0 Å². The summed E-state index contributed by atoms with van der Waals surface area (Å²) in [5.41, 5.74) is 7.17. The summed E-state index contributed by atoms with van der Waals surface area (Å²) in [7, 11) is -2.78. The van der Waals surface area contributed by atoms with E-state index in [1.54, 1.807) is 6.92 Å². The van der Waals surface area contributed by atoms with Crippen molar-refractivity contribution in [3.63, 3.8) is 0 Å². The van der Waals surface area contributed by atoms with Crippen LogP contribution in [0.4, 0.5) is 0 Å². The van der Waals surface area contributed by atoms with Crippen molar-refractivity contribution < 1.29 is 8.42 Å². The second-order valence-electron chi connectivity index (χ2n) is 4.24. The van der Waals surface area contributed by atoms with Crippen LogP contribution in [0, 0.1) is 0 Å². The first kappa shape index (κ1) is 12.7. The fourth-order valence-electron chi connectivity index (χ4n) is 1.80. The molecule has 0 radical (unpaired) electrons. The zero-order valence-electron chi connectivity index (χ0n) is 9.41. The van der Waals surface area contributed by atoms with E-state index < -0.39 is 9.84 Å². The maximum absolute atomic E-state index is 11.3. The van der Waals surface area contributed by atoms with E-state index >= 15 is 0 Å². The molecule has 1 aliphatic carbocycles. The second-order valence-corrected chi connectivity index (χ2v) is 6.71. The van der Waals surface area contributed by atoms with Crippen molar-refractivity contribution in [1.29, 1.82) is 0 Å². The van der Waals surface area contributed by atoms with E-state index in [2.05, 4.69) is 6.08 Å². The maximum Gasteiger partial charge on any atom is 0.150 e. The smallest absolute Gasteiger partial charge is 0.150 e. The largest absolute Gasteiger partial charge is 0.327 e. The minimum atomic E-state index is -2.78. The molecular weight excluding hydrogens is 210 g/mol. The zero-order valence-corrected chi connectivity index (χ0v) is 10.2. The van der Waals surface area contributed by atoms with Crippen LogP contribution in [-0.4, -0.2) is 26.0 Å². The summed E-state index contributed by atoms with van der Waals surface area (Å²) in [4.78, 5) is 0. The highest BCUT2D eigenvalue weighted by atomic mass is 32.2. The second kappa shape index (κ2) is 5.66. The standard InChI is InChI=1S/C11H21NO2S/c1-2-15(13,14)9-3-4-10-5-7-11(12)8-6-10/h5,11H,2-4,6-9,12H2,1H3. The van der Waals surface area contributed by atoms with Gasteiger partial charge in [0.25, 0.3) is 0 Å². The first-order valence-corrected chi connectivity index (χ1v) is 7.49. The van der Waals surface area contributed by atoms with Crippen molar-refractivity contribution in [2.75, 3.05) is 11.5 Å². The molecule has 1 aliphatic rings. The van der Waals surface area contributed by atoms with Crippen LogP contribution in [0.15, 0.2) is 11.6 Å². The van der Waals surface area contributed by atoms with Crippen LogP contribution >= 0.6 is 0 Å². The van der Waals surface area contributed by atoms with Gasteiger partial charge in [0.1, 0.15) is 9.84 Å². The minimum absolute atomic E-state index is 0.261. The van der Waals surface area contributed by atoms with E-state index in [4.69, 9.17) is 5.73 Å². The Morgan fingerprint density at radius 2 is 2.27 bits per heavy atom. The highest BCUT2D eigenvalue weighted by Crippen LogP contribution is 2.21. The van der Waals surface area contributed by atoms with Gasteiger partial charge in [-0.05, 0) is 32.1 Å². The van der Waals surface area contributed by atoms with Crippen molar-refractivity contribution in [3.05, 3.63) is 11.6 Å². The number of nitrogens with two attached hydrogens (primary N) is 1. The van der Waals surface area contributed by atoms with Gasteiger partial charge in [-0.15, -0.1) is 0 Å². The third-order valence-corrected chi connectivity index (χ3v) is 4.73. The molecule has 0 heterocycles. The van der Waals surface area contributed by atoms with Crippen LogP contribution in [-0.2, 0) is 9.84 Å². The molecular formula is C11H21NO2S. The molecule has 0 fully saturated rings. The molecule has 0 aromatic rings. The molecule has 2 N–H and O–H groups in total. The molecule has 0 spiro atoms. The van der Waals surface area contributed by atoms with Crippen molar-refractivity contribution in [1.82, 2.24) is 0 Å². The molecule has 3 nitrogen and oxygen atoms in total. The van der Waals surface area contributed by atoms with Gasteiger partial charge in [0.15, 0.2) is 0 Å². The Labute approximate surface area is 92.7 Å². The number of sulfone groups is 1. The molecule has 1 rings (SSSR count). The molecule has 15 heavy (non-hydrogen) atoms. The average Bonchev–Trinajstić information content (AvgIpc) is 2.21. The first-order chi connectivity index (χ1) is 7.03. The van der Waals surface area contributed by atoms with E-state index in [0.29, 0.717) is 11.8 Å². The van der Waals surface area contributed by atoms with Gasteiger partial charge in [0, 0.05) is 11.8 Å². The molecule has 1 atom stereocenters. The number of rotatable bonds is 5. The lowest BCUT2D eigenvalue weighted by Crippen LogP contribution is -2.21. The van der Waals surface area contributed by atoms with Crippen molar-refractivity contribution in [2.45, 2.75) is 45.1 Å². The van der Waals surface area contributed by atoms with Crippen LogP contribution in [0.1, 0.15) is 39.0 Å². The van der Waals surface area contributed by atoms with Crippen molar-refractivity contribution in [3.8, 4) is 0 Å². The third kappa shape index (κ3) is 4.80. The predicted molar refractivity (Wildman–Crippen MR) is 63.5 cm³/mol. The van der Waals surface area contributed by atoms with Gasteiger partial charge in [-0.1, -0.05) is 18.6 Å². The molecule has 0 amide bonds. The summed E-state index contributed by atoms with van der Waals surface area (Å²) in [5, 5.41) is 0. The molecule has 88 valence electrons. The monoisotopic (exact) mass is 231 g/mol. The van der Waals surface area contributed by atoms with E-state index in [1.807, 2.05) is 0 Å². The van der Waals surface area contributed by atoms with E-state index in [0.717, 1.165) is 32.1 Å². The lowest BCUT2D eigenvalue weighted by molar-refractivity contribution is 0.572. The Balaban J connectivity index is 2.27. The van der Waals surface area contributed by atoms with Gasteiger partial charge in [-0.3, -0.25) is 0 Å². The van der Waals surface area contributed by atoms with E-state index in [-0.39, 0.29) is 5.75 Å². The van der Waals surface area contributed by atoms with Gasteiger partial charge in [0.05, 0.1) is 5.75 Å². The average molecular weight is 231 g/mol. The van der Waals surface area contributed by atoms with Crippen LogP contribution in [0.3, 0.4) is 0 Å². The summed E-state index contributed by atoms with van der Waals surface area (Å²) < 4.78 is 22.5. The number of allylic oxidation sites excluding steroid dienone is 1. The Bertz CT molecular complexity index is 319. The van der Waals surface area contributed by atoms with Crippen LogP contribution in [0.5, 0.6) is 0 Å². The SMILES string of the molecule is CCS(=O)(=O)CCCC1=CCC(N)CC1. The Morgan fingerprint density at radius 3 is 2.80 bits per heavy atom. The van der Waals surface area contributed by atoms with Crippen LogP contribution < -0.4 is 5.73 Å². The molecule has 0 bridgehead atoms. The lowest BCUT2D eigenvalue weighted by atomic mass is 9.93. The first-order valence-electron chi connectivity index (χ1n) is 5.67. The molecule has 0 aromatic carbocycles. The summed E-state index contributed by atoms with van der Waals surface area (Å²) >= 11 is 0. The van der Waals surface area contributed by atoms with Crippen molar-refractivity contribution in [2.24, 2.45) is 5.73 Å². The molecule has 0 saturated carbocycles. The molecule has 1 unspecified atom stereocenters. The normalized spacial score (nSPS) is 22.5. The summed E-state index contributed by atoms with van der Waals surface area (Å²) in [5.74, 6) is 0.587. The summed E-state index contributed by atoms with van der Waals surface area (Å²) in [6.07, 6.45) is 6.92. The maximum atomic E-state index is 11.3. The van der Waals surface area contributed by atoms with E-state index in [9.17, 15) is 8.42 Å². The molecule has 0 aromatic heterocycles. The topological polar surface area (TPSA) is 60.2 Å². The summed E-state index contributed by atoms with van der Waals surface area (Å²) in [6, 6.07) is 0.313. The van der Waals surface area contributed by atoms with Crippen LogP contribution in [0.2, 0.25) is 0 Å². The molecule has 0 saturated heterocycles. The lowest BCUT2D eigenvalue weighted by Gasteiger charge is -2.18. The van der Waals surface area contributed by atoms with Gasteiger partial charge in [-0.2, -0.15) is 0 Å². The molecule has 4 heteroatoms. The van der Waals surface area contributed by atoms with E-state index in [1.165, 1.54) is 5.57 Å². The predicted octanol–water partition coefficient (Wildman–Crippen LogP) is 1.64. The van der Waals surface area contributed by atoms with Crippen LogP contribution in [0.25, 0.3) is 0 Å². The van der Waals surface area contributed by atoms with Gasteiger partial charge < -0.3 is 5.73 Å². The third-order valence-electron chi connectivity index (χ3n) is 2.94. The Morgan fingerprint density at radius 1 is 1.53 bits per heavy atom. The number of hydrogen-bond donors (Lipinski definition) is 1. The highest BCUT2D eigenvalue weighted by Gasteiger charge is 2.11. The van der Waals surface area contributed by atoms with Crippen molar-refractivity contribution >= 4 is 9.84 Å². The number of hydrogen-bond acceptors (Lipinski definition) is 3. The fraction of sp³-hybridized carbons (Fsp3) is 0.818. The molecule has 0 aliphatic heterocycles. The fourth-order valence-corrected chi connectivity index (χ4v) is 2.67. The zero-order chi connectivity index (χ0) is 11.3.